The molecule has 1 aromatic heterocycles. The zero-order valence-electron chi connectivity index (χ0n) is 8.57. The lowest BCUT2D eigenvalue weighted by Gasteiger charge is -2.31. The standard InChI is InChI=1S/C10H17N3S/c1-2-8-4-3-5-13(7-8)10-12-6-9(11)14-10/h6,8H,2-5,7,11H2,1H3. The number of rotatable bonds is 2. The van der Waals surface area contributed by atoms with E-state index in [2.05, 4.69) is 16.8 Å². The molecule has 0 aliphatic carbocycles. The van der Waals surface area contributed by atoms with Gasteiger partial charge in [-0.1, -0.05) is 24.7 Å². The Kier molecular flexibility index (Phi) is 2.91. The molecular weight excluding hydrogens is 194 g/mol. The van der Waals surface area contributed by atoms with Crippen LogP contribution in [0.5, 0.6) is 0 Å². The third-order valence-electron chi connectivity index (χ3n) is 2.88. The van der Waals surface area contributed by atoms with Gasteiger partial charge in [0, 0.05) is 13.1 Å². The van der Waals surface area contributed by atoms with Crippen LogP contribution in [-0.2, 0) is 0 Å². The van der Waals surface area contributed by atoms with Crippen molar-refractivity contribution in [1.29, 1.82) is 0 Å². The van der Waals surface area contributed by atoms with Gasteiger partial charge in [-0.25, -0.2) is 4.98 Å². The maximum atomic E-state index is 5.68. The molecule has 0 amide bonds. The Balaban J connectivity index is 2.04. The molecule has 1 unspecified atom stereocenters. The number of aromatic nitrogens is 1. The van der Waals surface area contributed by atoms with Gasteiger partial charge in [-0.05, 0) is 18.8 Å². The molecule has 0 saturated carbocycles. The summed E-state index contributed by atoms with van der Waals surface area (Å²) < 4.78 is 0. The second-order valence-electron chi connectivity index (χ2n) is 3.91. The largest absolute Gasteiger partial charge is 0.389 e. The van der Waals surface area contributed by atoms with Gasteiger partial charge in [0.25, 0.3) is 0 Å². The number of anilines is 2. The van der Waals surface area contributed by atoms with Crippen LogP contribution in [0.15, 0.2) is 6.20 Å². The highest BCUT2D eigenvalue weighted by Gasteiger charge is 2.20. The lowest BCUT2D eigenvalue weighted by atomic mass is 9.96. The van der Waals surface area contributed by atoms with Crippen LogP contribution in [0.3, 0.4) is 0 Å². The first-order valence-corrected chi connectivity index (χ1v) is 6.07. The summed E-state index contributed by atoms with van der Waals surface area (Å²) >= 11 is 1.60. The van der Waals surface area contributed by atoms with E-state index in [9.17, 15) is 0 Å². The molecule has 1 fully saturated rings. The van der Waals surface area contributed by atoms with Crippen molar-refractivity contribution in [3.05, 3.63) is 6.20 Å². The molecule has 3 nitrogen and oxygen atoms in total. The average molecular weight is 211 g/mol. The molecule has 0 bridgehead atoms. The van der Waals surface area contributed by atoms with Crippen LogP contribution in [0.25, 0.3) is 0 Å². The number of thiazole rings is 1. The first-order chi connectivity index (χ1) is 6.79. The fraction of sp³-hybridized carbons (Fsp3) is 0.700. The molecule has 2 heterocycles. The third-order valence-corrected chi connectivity index (χ3v) is 3.77. The number of nitrogen functional groups attached to an aromatic ring is 1. The van der Waals surface area contributed by atoms with Crippen LogP contribution in [-0.4, -0.2) is 18.1 Å². The highest BCUT2D eigenvalue weighted by molar-refractivity contribution is 7.19. The molecule has 14 heavy (non-hydrogen) atoms. The van der Waals surface area contributed by atoms with Gasteiger partial charge < -0.3 is 10.6 Å². The van der Waals surface area contributed by atoms with Gasteiger partial charge in [-0.15, -0.1) is 0 Å². The van der Waals surface area contributed by atoms with E-state index in [1.807, 2.05) is 0 Å². The number of hydrogen-bond acceptors (Lipinski definition) is 4. The summed E-state index contributed by atoms with van der Waals surface area (Å²) in [5.41, 5.74) is 5.68. The van der Waals surface area contributed by atoms with E-state index in [4.69, 9.17) is 5.73 Å². The molecule has 0 aromatic carbocycles. The number of nitrogens with zero attached hydrogens (tertiary/aromatic N) is 2. The minimum atomic E-state index is 0.818. The van der Waals surface area contributed by atoms with Crippen LogP contribution >= 0.6 is 11.3 Å². The predicted molar refractivity (Wildman–Crippen MR) is 61.8 cm³/mol. The third kappa shape index (κ3) is 2.00. The van der Waals surface area contributed by atoms with Gasteiger partial charge in [0.1, 0.15) is 5.00 Å². The highest BCUT2D eigenvalue weighted by atomic mass is 32.1. The smallest absolute Gasteiger partial charge is 0.187 e. The van der Waals surface area contributed by atoms with E-state index in [1.54, 1.807) is 17.5 Å². The Labute approximate surface area is 88.9 Å². The number of hydrogen-bond donors (Lipinski definition) is 1. The van der Waals surface area contributed by atoms with Crippen LogP contribution in [0.1, 0.15) is 26.2 Å². The zero-order valence-corrected chi connectivity index (χ0v) is 9.39. The summed E-state index contributed by atoms with van der Waals surface area (Å²) in [6.07, 6.45) is 5.69. The summed E-state index contributed by atoms with van der Waals surface area (Å²) in [5.74, 6) is 0.842. The molecule has 0 radical (unpaired) electrons. The van der Waals surface area contributed by atoms with Crippen LogP contribution in [0.4, 0.5) is 10.1 Å². The Morgan fingerprint density at radius 3 is 3.21 bits per heavy atom. The fourth-order valence-corrected chi connectivity index (χ4v) is 2.71. The Bertz CT molecular complexity index is 297. The molecule has 0 spiro atoms. The Morgan fingerprint density at radius 1 is 1.71 bits per heavy atom. The molecular formula is C10H17N3S. The van der Waals surface area contributed by atoms with Crippen LogP contribution < -0.4 is 10.6 Å². The van der Waals surface area contributed by atoms with E-state index in [1.165, 1.54) is 19.3 Å². The zero-order chi connectivity index (χ0) is 9.97. The Hall–Kier alpha value is -0.770. The summed E-state index contributed by atoms with van der Waals surface area (Å²) in [6.45, 7) is 4.57. The van der Waals surface area contributed by atoms with Crippen molar-refractivity contribution >= 4 is 21.5 Å². The second-order valence-corrected chi connectivity index (χ2v) is 4.95. The Morgan fingerprint density at radius 2 is 2.57 bits per heavy atom. The normalized spacial score (nSPS) is 22.6. The van der Waals surface area contributed by atoms with Crippen molar-refractivity contribution in [2.75, 3.05) is 23.7 Å². The van der Waals surface area contributed by atoms with E-state index >= 15 is 0 Å². The summed E-state index contributed by atoms with van der Waals surface area (Å²) in [5, 5.41) is 1.92. The van der Waals surface area contributed by atoms with Gasteiger partial charge >= 0.3 is 0 Å². The molecule has 1 aliphatic rings. The summed E-state index contributed by atoms with van der Waals surface area (Å²) in [7, 11) is 0. The molecule has 1 aromatic rings. The first-order valence-electron chi connectivity index (χ1n) is 5.26. The van der Waals surface area contributed by atoms with Gasteiger partial charge in [-0.3, -0.25) is 0 Å². The van der Waals surface area contributed by atoms with Gasteiger partial charge in [0.2, 0.25) is 0 Å². The molecule has 2 N–H and O–H groups in total. The van der Waals surface area contributed by atoms with Gasteiger partial charge in [0.05, 0.1) is 6.20 Å². The molecule has 1 atom stereocenters. The number of nitrogens with two attached hydrogens (primary N) is 1. The molecule has 78 valence electrons. The van der Waals surface area contributed by atoms with Crippen molar-refractivity contribution in [3.63, 3.8) is 0 Å². The van der Waals surface area contributed by atoms with E-state index in [0.717, 1.165) is 29.1 Å². The van der Waals surface area contributed by atoms with Crippen LogP contribution in [0.2, 0.25) is 0 Å². The highest BCUT2D eigenvalue weighted by Crippen LogP contribution is 2.29. The average Bonchev–Trinajstić information content (AvgIpc) is 2.65. The van der Waals surface area contributed by atoms with E-state index < -0.39 is 0 Å². The molecule has 4 heteroatoms. The van der Waals surface area contributed by atoms with Crippen molar-refractivity contribution in [1.82, 2.24) is 4.98 Å². The predicted octanol–water partition coefficient (Wildman–Crippen LogP) is 2.35. The first kappa shape index (κ1) is 9.77. The summed E-state index contributed by atoms with van der Waals surface area (Å²) in [4.78, 5) is 6.70. The van der Waals surface area contributed by atoms with Gasteiger partial charge in [-0.2, -0.15) is 0 Å². The molecule has 1 aliphatic heterocycles. The summed E-state index contributed by atoms with van der Waals surface area (Å²) in [6, 6.07) is 0. The lowest BCUT2D eigenvalue weighted by Crippen LogP contribution is -2.34. The van der Waals surface area contributed by atoms with Crippen molar-refractivity contribution in [2.45, 2.75) is 26.2 Å². The lowest BCUT2D eigenvalue weighted by molar-refractivity contribution is 0.404. The number of piperidine rings is 1. The van der Waals surface area contributed by atoms with Crippen molar-refractivity contribution in [3.8, 4) is 0 Å². The van der Waals surface area contributed by atoms with E-state index in [-0.39, 0.29) is 0 Å². The van der Waals surface area contributed by atoms with E-state index in [0.29, 0.717) is 0 Å². The quantitative estimate of drug-likeness (QED) is 0.816. The molecule has 1 saturated heterocycles. The second kappa shape index (κ2) is 4.17. The minimum absolute atomic E-state index is 0.818. The van der Waals surface area contributed by atoms with Crippen molar-refractivity contribution < 1.29 is 0 Å². The van der Waals surface area contributed by atoms with Crippen LogP contribution in [0, 0.1) is 5.92 Å². The maximum absolute atomic E-state index is 5.68. The maximum Gasteiger partial charge on any atom is 0.187 e. The van der Waals surface area contributed by atoms with Gasteiger partial charge in [0.15, 0.2) is 5.13 Å². The molecule has 2 rings (SSSR count). The minimum Gasteiger partial charge on any atom is -0.389 e. The van der Waals surface area contributed by atoms with Crippen molar-refractivity contribution in [2.24, 2.45) is 5.92 Å². The topological polar surface area (TPSA) is 42.2 Å². The fourth-order valence-electron chi connectivity index (χ4n) is 2.00. The SMILES string of the molecule is CCC1CCCN(c2ncc(N)s2)C1. The monoisotopic (exact) mass is 211 g/mol.